The molecule has 0 saturated heterocycles. The fourth-order valence-electron chi connectivity index (χ4n) is 5.94. The molecule has 3 N–H and O–H groups in total. The summed E-state index contributed by atoms with van der Waals surface area (Å²) in [6.07, 6.45) is 11.2. The highest BCUT2D eigenvalue weighted by atomic mass is 35.5. The largest absolute Gasteiger partial charge is 0.370 e. The van der Waals surface area contributed by atoms with Crippen molar-refractivity contribution >= 4 is 36.2 Å². The summed E-state index contributed by atoms with van der Waals surface area (Å²) in [7, 11) is 0. The summed E-state index contributed by atoms with van der Waals surface area (Å²) in [5.74, 6) is 4.01. The second-order valence-electron chi connectivity index (χ2n) is 8.89. The Bertz CT molecular complexity index is 862. The number of aliphatic imine (C=N–C) groups is 1. The van der Waals surface area contributed by atoms with Gasteiger partial charge in [0.25, 0.3) is 0 Å². The van der Waals surface area contributed by atoms with E-state index in [1.807, 2.05) is 12.1 Å². The number of nitrogens with zero attached hydrogens (tertiary/aromatic N) is 1. The van der Waals surface area contributed by atoms with Gasteiger partial charge in [-0.2, -0.15) is 0 Å². The second-order valence-corrected chi connectivity index (χ2v) is 8.89. The first-order valence-corrected chi connectivity index (χ1v) is 10.7. The van der Waals surface area contributed by atoms with Gasteiger partial charge in [0.1, 0.15) is 0 Å². The third-order valence-electron chi connectivity index (χ3n) is 6.94. The minimum absolute atomic E-state index is 0. The fraction of sp³-hybridized carbons (Fsp3) is 0.400. The normalized spacial score (nSPS) is 30.3. The molecule has 0 aliphatic heterocycles. The summed E-state index contributed by atoms with van der Waals surface area (Å²) in [5.41, 5.74) is 9.70. The molecule has 4 heteroatoms. The van der Waals surface area contributed by atoms with E-state index in [1.54, 1.807) is 0 Å². The summed E-state index contributed by atoms with van der Waals surface area (Å²) < 4.78 is 0. The molecule has 29 heavy (non-hydrogen) atoms. The molecule has 4 bridgehead atoms. The summed E-state index contributed by atoms with van der Waals surface area (Å²) in [5, 5.41) is 3.38. The predicted molar refractivity (Wildman–Crippen MR) is 125 cm³/mol. The number of rotatable bonds is 4. The van der Waals surface area contributed by atoms with Gasteiger partial charge in [-0.3, -0.25) is 0 Å². The molecule has 6 rings (SSSR count). The summed E-state index contributed by atoms with van der Waals surface area (Å²) in [4.78, 5) is 4.99. The lowest BCUT2D eigenvalue weighted by molar-refractivity contribution is 0.00124. The van der Waals surface area contributed by atoms with Gasteiger partial charge in [-0.1, -0.05) is 60.7 Å². The van der Waals surface area contributed by atoms with Crippen LogP contribution in [0.25, 0.3) is 12.2 Å². The molecule has 4 fully saturated rings. The summed E-state index contributed by atoms with van der Waals surface area (Å²) in [6, 6.07) is 19.1. The fourth-order valence-corrected chi connectivity index (χ4v) is 5.94. The molecule has 4 saturated carbocycles. The summed E-state index contributed by atoms with van der Waals surface area (Å²) >= 11 is 0. The number of benzene rings is 2. The van der Waals surface area contributed by atoms with Crippen LogP contribution in [0.2, 0.25) is 0 Å². The van der Waals surface area contributed by atoms with Crippen LogP contribution in [0.5, 0.6) is 0 Å². The number of nitrogens with two attached hydrogens (primary N) is 1. The van der Waals surface area contributed by atoms with Crippen molar-refractivity contribution in [2.45, 2.75) is 38.1 Å². The number of hydrogen-bond donors (Lipinski definition) is 2. The van der Waals surface area contributed by atoms with Crippen LogP contribution in [0.15, 0.2) is 59.6 Å². The zero-order valence-electron chi connectivity index (χ0n) is 16.7. The van der Waals surface area contributed by atoms with Crippen LogP contribution in [-0.2, 0) is 0 Å². The molecule has 0 amide bonds. The average Bonchev–Trinajstić information content (AvgIpc) is 2.70. The van der Waals surface area contributed by atoms with Crippen LogP contribution >= 0.6 is 12.4 Å². The van der Waals surface area contributed by atoms with Gasteiger partial charge in [0.2, 0.25) is 0 Å². The molecule has 4 aliphatic carbocycles. The number of nitrogens with one attached hydrogen (secondary N) is 1. The highest BCUT2D eigenvalue weighted by molar-refractivity contribution is 5.95. The molecule has 2 aromatic rings. The van der Waals surface area contributed by atoms with Crippen LogP contribution in [0.4, 0.5) is 5.69 Å². The molecule has 0 aromatic heterocycles. The molecule has 152 valence electrons. The van der Waals surface area contributed by atoms with Gasteiger partial charge in [0, 0.05) is 5.69 Å². The van der Waals surface area contributed by atoms with E-state index in [1.165, 1.54) is 37.7 Å². The molecule has 0 radical (unpaired) electrons. The molecule has 4 aliphatic rings. The Morgan fingerprint density at radius 1 is 0.828 bits per heavy atom. The first kappa shape index (κ1) is 20.0. The molecule has 0 heterocycles. The van der Waals surface area contributed by atoms with Crippen LogP contribution in [0.3, 0.4) is 0 Å². The number of hydrogen-bond acceptors (Lipinski definition) is 1. The van der Waals surface area contributed by atoms with Gasteiger partial charge >= 0.3 is 0 Å². The molecular weight excluding hydrogens is 378 g/mol. The minimum Gasteiger partial charge on any atom is -0.370 e. The van der Waals surface area contributed by atoms with Gasteiger partial charge in [-0.25, -0.2) is 4.99 Å². The maximum Gasteiger partial charge on any atom is 0.193 e. The van der Waals surface area contributed by atoms with E-state index in [4.69, 9.17) is 10.7 Å². The zero-order valence-corrected chi connectivity index (χ0v) is 17.5. The maximum absolute atomic E-state index is 6.38. The topological polar surface area (TPSA) is 50.4 Å². The smallest absolute Gasteiger partial charge is 0.193 e. The SMILES string of the molecule is Cl.NC(=NC1C2CC3CC(C2)CC1C3)Nc1ccccc1/C=C/c1ccccc1. The third-order valence-corrected chi connectivity index (χ3v) is 6.94. The van der Waals surface area contributed by atoms with Gasteiger partial charge in [0.05, 0.1) is 6.04 Å². The quantitative estimate of drug-likeness (QED) is 0.380. The van der Waals surface area contributed by atoms with Gasteiger partial charge in [-0.05, 0) is 73.0 Å². The lowest BCUT2D eigenvalue weighted by atomic mass is 9.54. The standard InChI is InChI=1S/C25H29N3.ClH/c26-25(28-24-21-13-18-12-19(15-21)16-22(24)14-18)27-23-9-5-4-8-20(23)11-10-17-6-2-1-3-7-17;/h1-11,18-19,21-22,24H,12-16H2,(H3,26,27,28);1H/b11-10+;. The molecule has 0 unspecified atom stereocenters. The highest BCUT2D eigenvalue weighted by Crippen LogP contribution is 2.54. The number of guanidine groups is 1. The monoisotopic (exact) mass is 407 g/mol. The van der Waals surface area contributed by atoms with Crippen molar-refractivity contribution in [1.29, 1.82) is 0 Å². The van der Waals surface area contributed by atoms with Crippen molar-refractivity contribution in [3.05, 3.63) is 65.7 Å². The molecule has 0 atom stereocenters. The lowest BCUT2D eigenvalue weighted by Crippen LogP contribution is -2.48. The van der Waals surface area contributed by atoms with Crippen molar-refractivity contribution in [1.82, 2.24) is 0 Å². The van der Waals surface area contributed by atoms with Crippen LogP contribution in [0.1, 0.15) is 43.2 Å². The minimum atomic E-state index is 0. The van der Waals surface area contributed by atoms with Crippen molar-refractivity contribution in [2.24, 2.45) is 34.4 Å². The number of anilines is 1. The van der Waals surface area contributed by atoms with E-state index < -0.39 is 0 Å². The Morgan fingerprint density at radius 2 is 1.45 bits per heavy atom. The van der Waals surface area contributed by atoms with Gasteiger partial charge in [0.15, 0.2) is 5.96 Å². The van der Waals surface area contributed by atoms with Crippen molar-refractivity contribution < 1.29 is 0 Å². The van der Waals surface area contributed by atoms with Gasteiger partial charge < -0.3 is 11.1 Å². The maximum atomic E-state index is 6.38. The van der Waals surface area contributed by atoms with E-state index in [-0.39, 0.29) is 12.4 Å². The van der Waals surface area contributed by atoms with E-state index in [2.05, 4.69) is 59.9 Å². The molecule has 2 aromatic carbocycles. The molecule has 0 spiro atoms. The van der Waals surface area contributed by atoms with Crippen LogP contribution in [-0.4, -0.2) is 12.0 Å². The van der Waals surface area contributed by atoms with E-state index in [0.29, 0.717) is 12.0 Å². The number of halogens is 1. The highest BCUT2D eigenvalue weighted by Gasteiger charge is 2.48. The summed E-state index contributed by atoms with van der Waals surface area (Å²) in [6.45, 7) is 0. The zero-order chi connectivity index (χ0) is 18.9. The Hall–Kier alpha value is -2.26. The second kappa shape index (κ2) is 8.62. The van der Waals surface area contributed by atoms with Crippen molar-refractivity contribution in [3.8, 4) is 0 Å². The van der Waals surface area contributed by atoms with Crippen LogP contribution < -0.4 is 11.1 Å². The van der Waals surface area contributed by atoms with Crippen molar-refractivity contribution in [3.63, 3.8) is 0 Å². The molecule has 3 nitrogen and oxygen atoms in total. The first-order valence-electron chi connectivity index (χ1n) is 10.7. The van der Waals surface area contributed by atoms with E-state index >= 15 is 0 Å². The predicted octanol–water partition coefficient (Wildman–Crippen LogP) is 5.83. The third kappa shape index (κ3) is 4.35. The Labute approximate surface area is 179 Å². The average molecular weight is 408 g/mol. The van der Waals surface area contributed by atoms with E-state index in [9.17, 15) is 0 Å². The Morgan fingerprint density at radius 3 is 2.14 bits per heavy atom. The first-order chi connectivity index (χ1) is 13.7. The lowest BCUT2D eigenvalue weighted by Gasteiger charge is -2.53. The number of para-hydroxylation sites is 1. The van der Waals surface area contributed by atoms with Crippen molar-refractivity contribution in [2.75, 3.05) is 5.32 Å². The molecular formula is C25H30ClN3. The van der Waals surface area contributed by atoms with Crippen LogP contribution in [0, 0.1) is 23.7 Å². The van der Waals surface area contributed by atoms with E-state index in [0.717, 1.165) is 34.9 Å². The van der Waals surface area contributed by atoms with Gasteiger partial charge in [-0.15, -0.1) is 12.4 Å². The Balaban J connectivity index is 0.00000205. The Kier molecular flexibility index (Phi) is 5.96.